The van der Waals surface area contributed by atoms with Crippen LogP contribution in [0, 0.1) is 0 Å². The highest BCUT2D eigenvalue weighted by molar-refractivity contribution is 5.99. The van der Waals surface area contributed by atoms with Crippen LogP contribution in [0.4, 0.5) is 5.69 Å². The van der Waals surface area contributed by atoms with Crippen LogP contribution in [-0.2, 0) is 11.2 Å². The number of rotatable bonds is 3. The maximum Gasteiger partial charge on any atom is 0.228 e. The Labute approximate surface area is 87.6 Å². The van der Waals surface area contributed by atoms with Crippen molar-refractivity contribution < 1.29 is 15.0 Å². The van der Waals surface area contributed by atoms with Crippen LogP contribution >= 0.6 is 0 Å². The van der Waals surface area contributed by atoms with E-state index in [2.05, 4.69) is 5.32 Å². The fraction of sp³-hybridized carbons (Fsp3) is 0.364. The predicted octanol–water partition coefficient (Wildman–Crippen LogP) is 0.597. The average molecular weight is 207 g/mol. The lowest BCUT2D eigenvalue weighted by Gasteiger charge is -2.10. The molecular formula is C11H13NO3. The van der Waals surface area contributed by atoms with Gasteiger partial charge in [0.15, 0.2) is 0 Å². The van der Waals surface area contributed by atoms with Crippen LogP contribution in [0.15, 0.2) is 18.2 Å². The molecule has 4 heteroatoms. The molecule has 2 rings (SSSR count). The lowest BCUT2D eigenvalue weighted by atomic mass is 10.0. The first kappa shape index (κ1) is 10.1. The zero-order valence-electron chi connectivity index (χ0n) is 8.23. The van der Waals surface area contributed by atoms with Crippen molar-refractivity contribution in [1.82, 2.24) is 0 Å². The van der Waals surface area contributed by atoms with Crippen LogP contribution in [0.25, 0.3) is 0 Å². The van der Waals surface area contributed by atoms with Gasteiger partial charge in [-0.25, -0.2) is 0 Å². The summed E-state index contributed by atoms with van der Waals surface area (Å²) in [7, 11) is 0. The number of carbonyl (C=O) groups excluding carboxylic acids is 1. The SMILES string of the molecule is O=C1Cc2cc(C(O)CCO)ccc2N1. The van der Waals surface area contributed by atoms with Gasteiger partial charge in [0.05, 0.1) is 12.5 Å². The van der Waals surface area contributed by atoms with E-state index < -0.39 is 6.10 Å². The summed E-state index contributed by atoms with van der Waals surface area (Å²) in [5.74, 6) is -0.0150. The van der Waals surface area contributed by atoms with Crippen LogP contribution in [0.5, 0.6) is 0 Å². The lowest BCUT2D eigenvalue weighted by Crippen LogP contribution is -2.03. The number of aliphatic hydroxyl groups is 2. The lowest BCUT2D eigenvalue weighted by molar-refractivity contribution is -0.115. The minimum atomic E-state index is -0.656. The topological polar surface area (TPSA) is 69.6 Å². The van der Waals surface area contributed by atoms with E-state index in [0.29, 0.717) is 12.8 Å². The molecule has 1 aliphatic heterocycles. The van der Waals surface area contributed by atoms with Crippen molar-refractivity contribution in [3.8, 4) is 0 Å². The first-order valence-corrected chi connectivity index (χ1v) is 4.92. The predicted molar refractivity (Wildman–Crippen MR) is 55.4 cm³/mol. The standard InChI is InChI=1S/C11H13NO3/c13-4-3-10(14)7-1-2-9-8(5-7)6-11(15)12-9/h1-2,5,10,13-14H,3-4,6H2,(H,12,15). The molecule has 0 bridgehead atoms. The molecule has 1 unspecified atom stereocenters. The highest BCUT2D eigenvalue weighted by Gasteiger charge is 2.18. The summed E-state index contributed by atoms with van der Waals surface area (Å²) in [6.07, 6.45) is 0.0332. The van der Waals surface area contributed by atoms with E-state index in [-0.39, 0.29) is 12.5 Å². The van der Waals surface area contributed by atoms with Gasteiger partial charge in [0.25, 0.3) is 0 Å². The third kappa shape index (κ3) is 2.00. The second kappa shape index (κ2) is 4.00. The van der Waals surface area contributed by atoms with E-state index in [1.165, 1.54) is 0 Å². The second-order valence-corrected chi connectivity index (χ2v) is 3.67. The summed E-state index contributed by atoms with van der Waals surface area (Å²) in [6.45, 7) is -0.0462. The Bertz CT molecular complexity index is 389. The summed E-state index contributed by atoms with van der Waals surface area (Å²) in [5, 5.41) is 21.1. The zero-order chi connectivity index (χ0) is 10.8. The van der Waals surface area contributed by atoms with Crippen LogP contribution in [0.3, 0.4) is 0 Å². The zero-order valence-corrected chi connectivity index (χ0v) is 8.23. The fourth-order valence-electron chi connectivity index (χ4n) is 1.75. The van der Waals surface area contributed by atoms with E-state index in [1.54, 1.807) is 12.1 Å². The molecule has 1 aromatic carbocycles. The molecule has 0 radical (unpaired) electrons. The number of benzene rings is 1. The quantitative estimate of drug-likeness (QED) is 0.679. The van der Waals surface area contributed by atoms with Crippen LogP contribution in [0.2, 0.25) is 0 Å². The Morgan fingerprint density at radius 2 is 2.27 bits per heavy atom. The van der Waals surface area contributed by atoms with Gasteiger partial charge in [-0.15, -0.1) is 0 Å². The fourth-order valence-corrected chi connectivity index (χ4v) is 1.75. The number of aliphatic hydroxyl groups excluding tert-OH is 2. The molecule has 0 aliphatic carbocycles. The van der Waals surface area contributed by atoms with Gasteiger partial charge in [0.1, 0.15) is 0 Å². The van der Waals surface area contributed by atoms with Gasteiger partial charge in [-0.3, -0.25) is 4.79 Å². The number of nitrogens with one attached hydrogen (secondary N) is 1. The maximum atomic E-state index is 11.1. The van der Waals surface area contributed by atoms with Crippen LogP contribution in [-0.4, -0.2) is 22.7 Å². The third-order valence-corrected chi connectivity index (χ3v) is 2.54. The average Bonchev–Trinajstić information content (AvgIpc) is 2.57. The van der Waals surface area contributed by atoms with E-state index in [9.17, 15) is 9.90 Å². The Morgan fingerprint density at radius 3 is 3.00 bits per heavy atom. The largest absolute Gasteiger partial charge is 0.396 e. The second-order valence-electron chi connectivity index (χ2n) is 3.67. The normalized spacial score (nSPS) is 16.0. The Morgan fingerprint density at radius 1 is 1.47 bits per heavy atom. The van der Waals surface area contributed by atoms with Gasteiger partial charge < -0.3 is 15.5 Å². The van der Waals surface area contributed by atoms with Crippen molar-refractivity contribution >= 4 is 11.6 Å². The molecule has 1 atom stereocenters. The van der Waals surface area contributed by atoms with Crippen molar-refractivity contribution in [1.29, 1.82) is 0 Å². The highest BCUT2D eigenvalue weighted by atomic mass is 16.3. The molecule has 4 nitrogen and oxygen atoms in total. The molecule has 0 saturated carbocycles. The van der Waals surface area contributed by atoms with E-state index in [4.69, 9.17) is 5.11 Å². The highest BCUT2D eigenvalue weighted by Crippen LogP contribution is 2.27. The maximum absolute atomic E-state index is 11.1. The minimum absolute atomic E-state index is 0.0150. The van der Waals surface area contributed by atoms with E-state index >= 15 is 0 Å². The molecule has 1 aliphatic rings. The van der Waals surface area contributed by atoms with Gasteiger partial charge in [0.2, 0.25) is 5.91 Å². The number of hydrogen-bond donors (Lipinski definition) is 3. The van der Waals surface area contributed by atoms with Crippen LogP contribution in [0.1, 0.15) is 23.7 Å². The molecular weight excluding hydrogens is 194 g/mol. The van der Waals surface area contributed by atoms with Gasteiger partial charge >= 0.3 is 0 Å². The van der Waals surface area contributed by atoms with Crippen molar-refractivity contribution in [2.24, 2.45) is 0 Å². The molecule has 15 heavy (non-hydrogen) atoms. The number of anilines is 1. The van der Waals surface area contributed by atoms with Gasteiger partial charge in [-0.05, 0) is 17.2 Å². The number of hydrogen-bond acceptors (Lipinski definition) is 3. The van der Waals surface area contributed by atoms with Crippen molar-refractivity contribution in [2.75, 3.05) is 11.9 Å². The Hall–Kier alpha value is -1.39. The number of fused-ring (bicyclic) bond motifs is 1. The smallest absolute Gasteiger partial charge is 0.228 e. The number of carbonyl (C=O) groups is 1. The summed E-state index contributed by atoms with van der Waals surface area (Å²) >= 11 is 0. The Balaban J connectivity index is 2.23. The van der Waals surface area contributed by atoms with Gasteiger partial charge in [0, 0.05) is 18.7 Å². The third-order valence-electron chi connectivity index (χ3n) is 2.54. The molecule has 3 N–H and O–H groups in total. The van der Waals surface area contributed by atoms with Crippen LogP contribution < -0.4 is 5.32 Å². The van der Waals surface area contributed by atoms with Crippen molar-refractivity contribution in [2.45, 2.75) is 18.9 Å². The molecule has 1 amide bonds. The van der Waals surface area contributed by atoms with E-state index in [0.717, 1.165) is 16.8 Å². The van der Waals surface area contributed by atoms with Gasteiger partial charge in [-0.2, -0.15) is 0 Å². The summed E-state index contributed by atoms with van der Waals surface area (Å²) in [6, 6.07) is 5.37. The van der Waals surface area contributed by atoms with Crippen molar-refractivity contribution in [3.05, 3.63) is 29.3 Å². The summed E-state index contributed by atoms with van der Waals surface area (Å²) < 4.78 is 0. The molecule has 0 fully saturated rings. The van der Waals surface area contributed by atoms with E-state index in [1.807, 2.05) is 6.07 Å². The minimum Gasteiger partial charge on any atom is -0.396 e. The first-order chi connectivity index (χ1) is 7.20. The summed E-state index contributed by atoms with van der Waals surface area (Å²) in [4.78, 5) is 11.1. The monoisotopic (exact) mass is 207 g/mol. The molecule has 0 aromatic heterocycles. The Kier molecular flexibility index (Phi) is 2.70. The molecule has 0 spiro atoms. The molecule has 1 heterocycles. The molecule has 0 saturated heterocycles. The first-order valence-electron chi connectivity index (χ1n) is 4.92. The van der Waals surface area contributed by atoms with Crippen molar-refractivity contribution in [3.63, 3.8) is 0 Å². The van der Waals surface area contributed by atoms with Gasteiger partial charge in [-0.1, -0.05) is 12.1 Å². The molecule has 80 valence electrons. The summed E-state index contributed by atoms with van der Waals surface area (Å²) in [5.41, 5.74) is 2.48. The molecule has 1 aromatic rings. The number of amides is 1.